The summed E-state index contributed by atoms with van der Waals surface area (Å²) in [5.74, 6) is -0.298. The molecule has 0 saturated heterocycles. The van der Waals surface area contributed by atoms with Gasteiger partial charge in [-0.3, -0.25) is 9.59 Å². The van der Waals surface area contributed by atoms with E-state index in [4.69, 9.17) is 4.74 Å². The van der Waals surface area contributed by atoms with Gasteiger partial charge in [-0.05, 0) is 13.0 Å². The highest BCUT2D eigenvalue weighted by Gasteiger charge is 2.06. The van der Waals surface area contributed by atoms with Gasteiger partial charge in [-0.2, -0.15) is 5.10 Å². The number of rotatable bonds is 4. The third kappa shape index (κ3) is 2.35. The standard InChI is InChI=1S/C11H13N3O3/c1-2-17-10(15)4-6-13-7-8-14-9(11(13)16)3-5-12-14/h3,5,7-8H,2,4,6H2,1H3. The Morgan fingerprint density at radius 1 is 1.47 bits per heavy atom. The second-order valence-corrected chi connectivity index (χ2v) is 3.51. The first kappa shape index (κ1) is 11.4. The monoisotopic (exact) mass is 235 g/mol. The average Bonchev–Trinajstić information content (AvgIpc) is 2.77. The van der Waals surface area contributed by atoms with Crippen LogP contribution in [-0.4, -0.2) is 26.8 Å². The maximum atomic E-state index is 11.9. The van der Waals surface area contributed by atoms with Gasteiger partial charge in [0.2, 0.25) is 0 Å². The molecule has 6 heteroatoms. The zero-order chi connectivity index (χ0) is 12.3. The molecule has 0 spiro atoms. The molecule has 2 aromatic heterocycles. The van der Waals surface area contributed by atoms with Gasteiger partial charge in [-0.1, -0.05) is 0 Å². The first-order valence-corrected chi connectivity index (χ1v) is 5.41. The van der Waals surface area contributed by atoms with Crippen LogP contribution in [0, 0.1) is 0 Å². The molecule has 0 amide bonds. The lowest BCUT2D eigenvalue weighted by atomic mass is 10.4. The maximum Gasteiger partial charge on any atom is 0.307 e. The Bertz CT molecular complexity index is 585. The summed E-state index contributed by atoms with van der Waals surface area (Å²) in [6, 6.07) is 1.64. The fourth-order valence-electron chi connectivity index (χ4n) is 1.58. The third-order valence-electron chi connectivity index (χ3n) is 2.40. The number of esters is 1. The molecule has 0 unspecified atom stereocenters. The van der Waals surface area contributed by atoms with E-state index in [1.165, 1.54) is 9.08 Å². The normalized spacial score (nSPS) is 10.6. The highest BCUT2D eigenvalue weighted by atomic mass is 16.5. The minimum Gasteiger partial charge on any atom is -0.466 e. The molecule has 0 aliphatic heterocycles. The van der Waals surface area contributed by atoms with Gasteiger partial charge in [0, 0.05) is 18.9 Å². The van der Waals surface area contributed by atoms with E-state index in [-0.39, 0.29) is 17.9 Å². The van der Waals surface area contributed by atoms with E-state index in [0.717, 1.165) is 0 Å². The van der Waals surface area contributed by atoms with Gasteiger partial charge in [-0.25, -0.2) is 4.52 Å². The van der Waals surface area contributed by atoms with Crippen molar-refractivity contribution in [2.75, 3.05) is 6.61 Å². The summed E-state index contributed by atoms with van der Waals surface area (Å²) in [6.07, 6.45) is 5.05. The van der Waals surface area contributed by atoms with Gasteiger partial charge in [0.1, 0.15) is 5.52 Å². The van der Waals surface area contributed by atoms with Crippen molar-refractivity contribution in [3.8, 4) is 0 Å². The fourth-order valence-corrected chi connectivity index (χ4v) is 1.58. The molecule has 0 N–H and O–H groups in total. The number of aromatic nitrogens is 3. The number of hydrogen-bond acceptors (Lipinski definition) is 4. The van der Waals surface area contributed by atoms with E-state index < -0.39 is 0 Å². The molecule has 6 nitrogen and oxygen atoms in total. The Kier molecular flexibility index (Phi) is 3.22. The molecule has 0 aliphatic rings. The molecule has 0 radical (unpaired) electrons. The Labute approximate surface area is 97.4 Å². The van der Waals surface area contributed by atoms with E-state index in [2.05, 4.69) is 5.10 Å². The molecule has 0 fully saturated rings. The second kappa shape index (κ2) is 4.82. The number of nitrogens with zero attached hydrogens (tertiary/aromatic N) is 3. The predicted molar refractivity (Wildman–Crippen MR) is 60.7 cm³/mol. The summed E-state index contributed by atoms with van der Waals surface area (Å²) in [6.45, 7) is 2.43. The van der Waals surface area contributed by atoms with Crippen molar-refractivity contribution in [3.05, 3.63) is 35.0 Å². The lowest BCUT2D eigenvalue weighted by molar-refractivity contribution is -0.143. The van der Waals surface area contributed by atoms with Crippen LogP contribution in [0.3, 0.4) is 0 Å². The molecule has 0 aliphatic carbocycles. The summed E-state index contributed by atoms with van der Waals surface area (Å²) >= 11 is 0. The van der Waals surface area contributed by atoms with Crippen LogP contribution in [0.25, 0.3) is 5.52 Å². The zero-order valence-electron chi connectivity index (χ0n) is 9.50. The van der Waals surface area contributed by atoms with Crippen LogP contribution in [0.1, 0.15) is 13.3 Å². The van der Waals surface area contributed by atoms with Crippen molar-refractivity contribution < 1.29 is 9.53 Å². The highest BCUT2D eigenvalue weighted by Crippen LogP contribution is 1.96. The first-order chi connectivity index (χ1) is 8.22. The van der Waals surface area contributed by atoms with E-state index in [9.17, 15) is 9.59 Å². The van der Waals surface area contributed by atoms with Crippen molar-refractivity contribution in [1.82, 2.24) is 14.2 Å². The van der Waals surface area contributed by atoms with Crippen molar-refractivity contribution in [2.45, 2.75) is 19.9 Å². The number of aryl methyl sites for hydroxylation is 1. The van der Waals surface area contributed by atoms with Gasteiger partial charge in [0.25, 0.3) is 5.56 Å². The number of hydrogen-bond donors (Lipinski definition) is 0. The summed E-state index contributed by atoms with van der Waals surface area (Å²) in [5, 5.41) is 3.96. The van der Waals surface area contributed by atoms with E-state index in [1.54, 1.807) is 31.6 Å². The van der Waals surface area contributed by atoms with Gasteiger partial charge in [-0.15, -0.1) is 0 Å². The Morgan fingerprint density at radius 3 is 3.06 bits per heavy atom. The van der Waals surface area contributed by atoms with Crippen LogP contribution in [0.5, 0.6) is 0 Å². The van der Waals surface area contributed by atoms with Gasteiger partial charge in [0.15, 0.2) is 0 Å². The summed E-state index contributed by atoms with van der Waals surface area (Å²) in [7, 11) is 0. The van der Waals surface area contributed by atoms with Crippen LogP contribution in [0.2, 0.25) is 0 Å². The summed E-state index contributed by atoms with van der Waals surface area (Å²) in [5.41, 5.74) is 0.339. The molecule has 0 atom stereocenters. The quantitative estimate of drug-likeness (QED) is 0.722. The Hall–Kier alpha value is -2.11. The minimum absolute atomic E-state index is 0.158. The smallest absolute Gasteiger partial charge is 0.307 e. The molecule has 2 aromatic rings. The lowest BCUT2D eigenvalue weighted by Gasteiger charge is -2.05. The molecule has 0 aromatic carbocycles. The molecule has 2 rings (SSSR count). The zero-order valence-corrected chi connectivity index (χ0v) is 9.50. The minimum atomic E-state index is -0.298. The number of carbonyl (C=O) groups excluding carboxylic acids is 1. The van der Waals surface area contributed by atoms with Gasteiger partial charge >= 0.3 is 5.97 Å². The van der Waals surface area contributed by atoms with Crippen LogP contribution >= 0.6 is 0 Å². The molecule has 2 heterocycles. The molecule has 0 bridgehead atoms. The van der Waals surface area contributed by atoms with Crippen molar-refractivity contribution in [3.63, 3.8) is 0 Å². The maximum absolute atomic E-state index is 11.9. The second-order valence-electron chi connectivity index (χ2n) is 3.51. The molecule has 0 saturated carbocycles. The van der Waals surface area contributed by atoms with Crippen LogP contribution in [0.4, 0.5) is 0 Å². The van der Waals surface area contributed by atoms with Crippen molar-refractivity contribution in [1.29, 1.82) is 0 Å². The Balaban J connectivity index is 2.16. The third-order valence-corrected chi connectivity index (χ3v) is 2.40. The first-order valence-electron chi connectivity index (χ1n) is 5.41. The largest absolute Gasteiger partial charge is 0.466 e. The number of ether oxygens (including phenoxy) is 1. The van der Waals surface area contributed by atoms with Gasteiger partial charge in [0.05, 0.1) is 19.2 Å². The Morgan fingerprint density at radius 2 is 2.29 bits per heavy atom. The number of carbonyl (C=O) groups is 1. The topological polar surface area (TPSA) is 65.6 Å². The lowest BCUT2D eigenvalue weighted by Crippen LogP contribution is -2.23. The van der Waals surface area contributed by atoms with E-state index in [1.807, 2.05) is 0 Å². The van der Waals surface area contributed by atoms with Crippen molar-refractivity contribution in [2.24, 2.45) is 0 Å². The molecule has 17 heavy (non-hydrogen) atoms. The SMILES string of the molecule is CCOC(=O)CCn1ccn2nccc2c1=O. The van der Waals surface area contributed by atoms with Gasteiger partial charge < -0.3 is 9.30 Å². The highest BCUT2D eigenvalue weighted by molar-refractivity contribution is 5.69. The molecular weight excluding hydrogens is 222 g/mol. The summed E-state index contributed by atoms with van der Waals surface area (Å²) in [4.78, 5) is 23.1. The van der Waals surface area contributed by atoms with E-state index in [0.29, 0.717) is 18.7 Å². The molecular formula is C11H13N3O3. The van der Waals surface area contributed by atoms with Crippen LogP contribution < -0.4 is 5.56 Å². The van der Waals surface area contributed by atoms with E-state index >= 15 is 0 Å². The predicted octanol–water partition coefficient (Wildman–Crippen LogP) is 0.449. The molecule has 90 valence electrons. The summed E-state index contributed by atoms with van der Waals surface area (Å²) < 4.78 is 7.79. The van der Waals surface area contributed by atoms with Crippen LogP contribution in [0.15, 0.2) is 29.5 Å². The number of fused-ring (bicyclic) bond motifs is 1. The fraction of sp³-hybridized carbons (Fsp3) is 0.364. The van der Waals surface area contributed by atoms with Crippen molar-refractivity contribution >= 4 is 11.5 Å². The average molecular weight is 235 g/mol. The van der Waals surface area contributed by atoms with Crippen LogP contribution in [-0.2, 0) is 16.1 Å².